The molecule has 0 spiro atoms. The van der Waals surface area contributed by atoms with Crippen molar-refractivity contribution in [1.82, 2.24) is 14.7 Å². The van der Waals surface area contributed by atoms with Gasteiger partial charge in [-0.15, -0.1) is 0 Å². The predicted molar refractivity (Wildman–Crippen MR) is 82.2 cm³/mol. The number of likely N-dealkylation sites (tertiary alicyclic amines) is 1. The first-order valence-corrected chi connectivity index (χ1v) is 7.73. The lowest BCUT2D eigenvalue weighted by atomic mass is 10.0. The molecule has 122 valence electrons. The van der Waals surface area contributed by atoms with E-state index in [1.54, 1.807) is 4.90 Å². The molecule has 0 N–H and O–H groups in total. The molecule has 2 aromatic rings. The van der Waals surface area contributed by atoms with Crippen LogP contribution >= 0.6 is 0 Å². The van der Waals surface area contributed by atoms with Crippen molar-refractivity contribution in [3.8, 4) is 0 Å². The molecule has 0 radical (unpaired) electrons. The van der Waals surface area contributed by atoms with Gasteiger partial charge in [0.25, 0.3) is 5.91 Å². The highest BCUT2D eigenvalue weighted by atomic mass is 19.1. The van der Waals surface area contributed by atoms with Crippen LogP contribution in [0, 0.1) is 25.5 Å². The molecule has 0 aliphatic carbocycles. The third-order valence-electron chi connectivity index (χ3n) is 4.24. The Kier molecular flexibility index (Phi) is 4.15. The van der Waals surface area contributed by atoms with Crippen molar-refractivity contribution in [3.05, 3.63) is 52.9 Å². The monoisotopic (exact) mass is 319 g/mol. The molecule has 1 atom stereocenters. The number of hydrogen-bond acceptors (Lipinski definition) is 2. The fraction of sp³-hybridized carbons (Fsp3) is 0.412. The Morgan fingerprint density at radius 2 is 2.04 bits per heavy atom. The molecule has 1 aliphatic heterocycles. The molecule has 6 heteroatoms. The summed E-state index contributed by atoms with van der Waals surface area (Å²) >= 11 is 0. The standard InChI is InChI=1S/C17H19F2N3O/c1-11-8-12(2)22(20-11)14-4-3-7-21(10-14)17(23)15-6-5-13(18)9-16(15)19/h5-6,8-9,14H,3-4,7,10H2,1-2H3/t14-/m0/s1. The minimum Gasteiger partial charge on any atom is -0.336 e. The number of amides is 1. The largest absolute Gasteiger partial charge is 0.336 e. The molecule has 1 aromatic carbocycles. The normalized spacial score (nSPS) is 18.3. The van der Waals surface area contributed by atoms with E-state index in [0.29, 0.717) is 13.1 Å². The van der Waals surface area contributed by atoms with Gasteiger partial charge in [0.2, 0.25) is 0 Å². The van der Waals surface area contributed by atoms with Gasteiger partial charge in [-0.3, -0.25) is 9.48 Å². The SMILES string of the molecule is Cc1cc(C)n([C@H]2CCCN(C(=O)c3ccc(F)cc3F)C2)n1. The Bertz CT molecular complexity index is 741. The quantitative estimate of drug-likeness (QED) is 0.852. The molecule has 2 heterocycles. The number of rotatable bonds is 2. The molecule has 1 amide bonds. The highest BCUT2D eigenvalue weighted by Crippen LogP contribution is 2.24. The minimum absolute atomic E-state index is 0.0829. The summed E-state index contributed by atoms with van der Waals surface area (Å²) in [5.41, 5.74) is 1.91. The van der Waals surface area contributed by atoms with Gasteiger partial charge in [0.1, 0.15) is 11.6 Å². The maximum Gasteiger partial charge on any atom is 0.256 e. The number of nitrogens with zero attached hydrogens (tertiary/aromatic N) is 3. The molecule has 1 aliphatic rings. The van der Waals surface area contributed by atoms with E-state index in [4.69, 9.17) is 0 Å². The minimum atomic E-state index is -0.816. The molecular weight excluding hydrogens is 300 g/mol. The van der Waals surface area contributed by atoms with Crippen molar-refractivity contribution >= 4 is 5.91 Å². The molecule has 0 unspecified atom stereocenters. The van der Waals surface area contributed by atoms with E-state index < -0.39 is 17.5 Å². The second kappa shape index (κ2) is 6.10. The smallest absolute Gasteiger partial charge is 0.256 e. The summed E-state index contributed by atoms with van der Waals surface area (Å²) in [4.78, 5) is 14.2. The van der Waals surface area contributed by atoms with E-state index in [0.717, 1.165) is 36.4 Å². The van der Waals surface area contributed by atoms with E-state index >= 15 is 0 Å². The fourth-order valence-electron chi connectivity index (χ4n) is 3.19. The first kappa shape index (κ1) is 15.6. The van der Waals surface area contributed by atoms with Gasteiger partial charge in [-0.05, 0) is 44.9 Å². The molecule has 1 saturated heterocycles. The van der Waals surface area contributed by atoms with Crippen molar-refractivity contribution in [2.75, 3.05) is 13.1 Å². The van der Waals surface area contributed by atoms with Crippen molar-refractivity contribution in [2.45, 2.75) is 32.7 Å². The second-order valence-corrected chi connectivity index (χ2v) is 6.04. The van der Waals surface area contributed by atoms with Crippen LogP contribution in [-0.4, -0.2) is 33.7 Å². The number of carbonyl (C=O) groups is 1. The van der Waals surface area contributed by atoms with E-state index in [-0.39, 0.29) is 11.6 Å². The number of hydrogen-bond donors (Lipinski definition) is 0. The zero-order chi connectivity index (χ0) is 16.6. The number of halogens is 2. The van der Waals surface area contributed by atoms with Gasteiger partial charge in [0.05, 0.1) is 17.3 Å². The lowest BCUT2D eigenvalue weighted by Crippen LogP contribution is -2.41. The first-order valence-electron chi connectivity index (χ1n) is 7.73. The van der Waals surface area contributed by atoms with Crippen LogP contribution in [0.3, 0.4) is 0 Å². The Morgan fingerprint density at radius 1 is 1.26 bits per heavy atom. The Balaban J connectivity index is 1.80. The van der Waals surface area contributed by atoms with Crippen molar-refractivity contribution in [1.29, 1.82) is 0 Å². The first-order chi connectivity index (χ1) is 11.0. The van der Waals surface area contributed by atoms with E-state index in [1.807, 2.05) is 24.6 Å². The summed E-state index contributed by atoms with van der Waals surface area (Å²) in [6.07, 6.45) is 1.76. The highest BCUT2D eigenvalue weighted by Gasteiger charge is 2.28. The Morgan fingerprint density at radius 3 is 2.70 bits per heavy atom. The average Bonchev–Trinajstić information content (AvgIpc) is 2.85. The van der Waals surface area contributed by atoms with E-state index in [9.17, 15) is 13.6 Å². The number of benzene rings is 1. The van der Waals surface area contributed by atoms with Gasteiger partial charge in [-0.1, -0.05) is 0 Å². The van der Waals surface area contributed by atoms with Crippen LogP contribution in [0.4, 0.5) is 8.78 Å². The number of piperidine rings is 1. The zero-order valence-electron chi connectivity index (χ0n) is 13.2. The average molecular weight is 319 g/mol. The van der Waals surface area contributed by atoms with E-state index in [1.165, 1.54) is 6.07 Å². The Hall–Kier alpha value is -2.24. The third-order valence-corrected chi connectivity index (χ3v) is 4.24. The van der Waals surface area contributed by atoms with Crippen LogP contribution in [0.5, 0.6) is 0 Å². The molecule has 0 saturated carbocycles. The van der Waals surface area contributed by atoms with Crippen LogP contribution in [0.15, 0.2) is 24.3 Å². The number of carbonyl (C=O) groups excluding carboxylic acids is 1. The fourth-order valence-corrected chi connectivity index (χ4v) is 3.19. The van der Waals surface area contributed by atoms with Gasteiger partial charge >= 0.3 is 0 Å². The van der Waals surface area contributed by atoms with Crippen molar-refractivity contribution in [2.24, 2.45) is 0 Å². The molecule has 1 aromatic heterocycles. The summed E-state index contributed by atoms with van der Waals surface area (Å²) in [5.74, 6) is -1.89. The topological polar surface area (TPSA) is 38.1 Å². The zero-order valence-corrected chi connectivity index (χ0v) is 13.2. The molecule has 23 heavy (non-hydrogen) atoms. The highest BCUT2D eigenvalue weighted by molar-refractivity contribution is 5.94. The van der Waals surface area contributed by atoms with Gasteiger partial charge in [-0.2, -0.15) is 5.10 Å². The van der Waals surface area contributed by atoms with Gasteiger partial charge in [-0.25, -0.2) is 8.78 Å². The van der Waals surface area contributed by atoms with Crippen LogP contribution in [0.2, 0.25) is 0 Å². The van der Waals surface area contributed by atoms with Gasteiger partial charge < -0.3 is 4.90 Å². The van der Waals surface area contributed by atoms with Crippen LogP contribution in [0.1, 0.15) is 40.6 Å². The molecular formula is C17H19F2N3O. The van der Waals surface area contributed by atoms with Crippen LogP contribution in [0.25, 0.3) is 0 Å². The molecule has 1 fully saturated rings. The van der Waals surface area contributed by atoms with Gasteiger partial charge in [0, 0.05) is 24.8 Å². The van der Waals surface area contributed by atoms with Crippen LogP contribution < -0.4 is 0 Å². The second-order valence-electron chi connectivity index (χ2n) is 6.04. The summed E-state index contributed by atoms with van der Waals surface area (Å²) in [6, 6.07) is 5.15. The van der Waals surface area contributed by atoms with Crippen molar-refractivity contribution < 1.29 is 13.6 Å². The number of aromatic nitrogens is 2. The molecule has 0 bridgehead atoms. The Labute approximate surface area is 133 Å². The summed E-state index contributed by atoms with van der Waals surface area (Å²) in [7, 11) is 0. The molecule has 3 rings (SSSR count). The summed E-state index contributed by atoms with van der Waals surface area (Å²) in [6.45, 7) is 4.98. The van der Waals surface area contributed by atoms with Crippen LogP contribution in [-0.2, 0) is 0 Å². The van der Waals surface area contributed by atoms with E-state index in [2.05, 4.69) is 5.10 Å². The van der Waals surface area contributed by atoms with Gasteiger partial charge in [0.15, 0.2) is 0 Å². The maximum absolute atomic E-state index is 13.8. The third kappa shape index (κ3) is 3.11. The van der Waals surface area contributed by atoms with Crippen molar-refractivity contribution in [3.63, 3.8) is 0 Å². The molecule has 4 nitrogen and oxygen atoms in total. The predicted octanol–water partition coefficient (Wildman–Crippen LogP) is 3.26. The summed E-state index contributed by atoms with van der Waals surface area (Å²) < 4.78 is 28.8. The number of aryl methyl sites for hydroxylation is 2. The summed E-state index contributed by atoms with van der Waals surface area (Å²) in [5, 5.41) is 4.48. The lowest BCUT2D eigenvalue weighted by Gasteiger charge is -2.33. The maximum atomic E-state index is 13.8. The lowest BCUT2D eigenvalue weighted by molar-refractivity contribution is 0.0666.